The SMILES string of the molecule is COCCNc1ncnc(Oc2cccnc2)c1[N+](=O)[O-]. The molecule has 2 rings (SSSR count). The Bertz CT molecular complexity index is 608. The maximum absolute atomic E-state index is 11.2. The molecule has 0 bridgehead atoms. The molecule has 9 nitrogen and oxygen atoms in total. The lowest BCUT2D eigenvalue weighted by molar-refractivity contribution is -0.385. The molecule has 1 N–H and O–H groups in total. The first kappa shape index (κ1) is 14.6. The van der Waals surface area contributed by atoms with Crippen LogP contribution in [0.1, 0.15) is 0 Å². The summed E-state index contributed by atoms with van der Waals surface area (Å²) in [6.45, 7) is 0.765. The van der Waals surface area contributed by atoms with Crippen molar-refractivity contribution in [3.8, 4) is 11.6 Å². The van der Waals surface area contributed by atoms with E-state index in [0.717, 1.165) is 0 Å². The minimum absolute atomic E-state index is 0.0749. The molecule has 0 aromatic carbocycles. The standard InChI is InChI=1S/C12H13N5O4/c1-20-6-5-14-11-10(17(18)19)12(16-8-15-11)21-9-3-2-4-13-7-9/h2-4,7-8H,5-6H2,1H3,(H,14,15,16). The predicted octanol–water partition coefficient (Wildman–Crippen LogP) is 1.63. The van der Waals surface area contributed by atoms with E-state index >= 15 is 0 Å². The van der Waals surface area contributed by atoms with Crippen LogP contribution in [-0.2, 0) is 4.74 Å². The summed E-state index contributed by atoms with van der Waals surface area (Å²) >= 11 is 0. The Labute approximate surface area is 120 Å². The third-order valence-electron chi connectivity index (χ3n) is 2.42. The van der Waals surface area contributed by atoms with E-state index < -0.39 is 4.92 Å². The van der Waals surface area contributed by atoms with Crippen molar-refractivity contribution in [3.05, 3.63) is 41.0 Å². The predicted molar refractivity (Wildman–Crippen MR) is 73.4 cm³/mol. The second-order valence-electron chi connectivity index (χ2n) is 3.84. The van der Waals surface area contributed by atoms with Gasteiger partial charge >= 0.3 is 11.6 Å². The quantitative estimate of drug-likeness (QED) is 0.465. The summed E-state index contributed by atoms with van der Waals surface area (Å²) in [7, 11) is 1.53. The molecule has 0 spiro atoms. The van der Waals surface area contributed by atoms with Gasteiger partial charge in [-0.05, 0) is 12.1 Å². The first-order valence-corrected chi connectivity index (χ1v) is 6.02. The first-order chi connectivity index (χ1) is 10.2. The topological polar surface area (TPSA) is 112 Å². The van der Waals surface area contributed by atoms with E-state index in [-0.39, 0.29) is 17.4 Å². The third-order valence-corrected chi connectivity index (χ3v) is 2.42. The number of aromatic nitrogens is 3. The van der Waals surface area contributed by atoms with E-state index in [0.29, 0.717) is 18.9 Å². The van der Waals surface area contributed by atoms with Crippen LogP contribution in [-0.4, -0.2) is 40.1 Å². The van der Waals surface area contributed by atoms with Crippen molar-refractivity contribution in [1.82, 2.24) is 15.0 Å². The van der Waals surface area contributed by atoms with E-state index in [1.165, 1.54) is 19.6 Å². The molecule has 0 amide bonds. The normalized spacial score (nSPS) is 10.1. The van der Waals surface area contributed by atoms with Crippen LogP contribution in [0, 0.1) is 10.1 Å². The Morgan fingerprint density at radius 3 is 2.95 bits per heavy atom. The summed E-state index contributed by atoms with van der Waals surface area (Å²) in [5.41, 5.74) is -0.336. The van der Waals surface area contributed by atoms with Crippen LogP contribution >= 0.6 is 0 Å². The summed E-state index contributed by atoms with van der Waals surface area (Å²) in [6.07, 6.45) is 4.19. The van der Waals surface area contributed by atoms with Crippen molar-refractivity contribution >= 4 is 11.5 Å². The van der Waals surface area contributed by atoms with E-state index in [9.17, 15) is 10.1 Å². The number of methoxy groups -OCH3 is 1. The van der Waals surface area contributed by atoms with Gasteiger partial charge < -0.3 is 14.8 Å². The number of hydrogen-bond donors (Lipinski definition) is 1. The lowest BCUT2D eigenvalue weighted by Crippen LogP contribution is -2.11. The average molecular weight is 291 g/mol. The van der Waals surface area contributed by atoms with Gasteiger partial charge in [-0.15, -0.1) is 0 Å². The molecule has 0 radical (unpaired) electrons. The van der Waals surface area contributed by atoms with Crippen molar-refractivity contribution in [2.45, 2.75) is 0 Å². The van der Waals surface area contributed by atoms with Gasteiger partial charge in [0.2, 0.25) is 5.82 Å². The molecule has 110 valence electrons. The Morgan fingerprint density at radius 2 is 2.29 bits per heavy atom. The van der Waals surface area contributed by atoms with Gasteiger partial charge in [0, 0.05) is 19.9 Å². The van der Waals surface area contributed by atoms with Gasteiger partial charge in [-0.25, -0.2) is 4.98 Å². The minimum Gasteiger partial charge on any atom is -0.432 e. The van der Waals surface area contributed by atoms with Crippen LogP contribution in [0.5, 0.6) is 11.6 Å². The minimum atomic E-state index is -0.596. The van der Waals surface area contributed by atoms with Crippen molar-refractivity contribution < 1.29 is 14.4 Å². The van der Waals surface area contributed by atoms with Gasteiger partial charge in [-0.2, -0.15) is 4.98 Å². The Kier molecular flexibility index (Phi) is 4.94. The zero-order chi connectivity index (χ0) is 15.1. The molecule has 2 aromatic heterocycles. The molecule has 0 aliphatic carbocycles. The number of anilines is 1. The Balaban J connectivity index is 2.28. The number of ether oxygens (including phenoxy) is 2. The van der Waals surface area contributed by atoms with Gasteiger partial charge in [0.1, 0.15) is 12.1 Å². The van der Waals surface area contributed by atoms with Crippen molar-refractivity contribution in [1.29, 1.82) is 0 Å². The number of hydrogen-bond acceptors (Lipinski definition) is 8. The number of rotatable bonds is 7. The zero-order valence-corrected chi connectivity index (χ0v) is 11.2. The van der Waals surface area contributed by atoms with Gasteiger partial charge in [-0.1, -0.05) is 0 Å². The van der Waals surface area contributed by atoms with Crippen LogP contribution < -0.4 is 10.1 Å². The molecular formula is C12H13N5O4. The maximum Gasteiger partial charge on any atom is 0.373 e. The molecule has 0 fully saturated rings. The highest BCUT2D eigenvalue weighted by Gasteiger charge is 2.24. The number of nitrogens with one attached hydrogen (secondary N) is 1. The van der Waals surface area contributed by atoms with Gasteiger partial charge in [-0.3, -0.25) is 15.1 Å². The zero-order valence-electron chi connectivity index (χ0n) is 11.2. The van der Waals surface area contributed by atoms with Gasteiger partial charge in [0.15, 0.2) is 0 Å². The number of nitro groups is 1. The molecule has 0 saturated heterocycles. The van der Waals surface area contributed by atoms with E-state index in [4.69, 9.17) is 9.47 Å². The molecule has 0 aliphatic heterocycles. The van der Waals surface area contributed by atoms with Crippen molar-refractivity contribution in [3.63, 3.8) is 0 Å². The highest BCUT2D eigenvalue weighted by molar-refractivity contribution is 5.61. The molecule has 2 aromatic rings. The molecule has 0 atom stereocenters. The van der Waals surface area contributed by atoms with Crippen molar-refractivity contribution in [2.24, 2.45) is 0 Å². The molecule has 0 saturated carbocycles. The molecular weight excluding hydrogens is 278 g/mol. The number of nitrogens with zero attached hydrogens (tertiary/aromatic N) is 4. The molecule has 9 heteroatoms. The van der Waals surface area contributed by atoms with E-state index in [1.54, 1.807) is 18.3 Å². The third kappa shape index (κ3) is 3.83. The van der Waals surface area contributed by atoms with Crippen LogP contribution in [0.25, 0.3) is 0 Å². The summed E-state index contributed by atoms with van der Waals surface area (Å²) in [4.78, 5) is 22.2. The van der Waals surface area contributed by atoms with E-state index in [2.05, 4.69) is 20.3 Å². The fourth-order valence-corrected chi connectivity index (χ4v) is 1.52. The summed E-state index contributed by atoms with van der Waals surface area (Å²) in [6, 6.07) is 3.27. The Morgan fingerprint density at radius 1 is 1.43 bits per heavy atom. The lowest BCUT2D eigenvalue weighted by Gasteiger charge is -2.08. The monoisotopic (exact) mass is 291 g/mol. The van der Waals surface area contributed by atoms with Crippen LogP contribution in [0.2, 0.25) is 0 Å². The van der Waals surface area contributed by atoms with E-state index in [1.807, 2.05) is 0 Å². The van der Waals surface area contributed by atoms with Crippen LogP contribution in [0.15, 0.2) is 30.9 Å². The molecule has 2 heterocycles. The van der Waals surface area contributed by atoms with Gasteiger partial charge in [0.25, 0.3) is 0 Å². The second-order valence-corrected chi connectivity index (χ2v) is 3.84. The maximum atomic E-state index is 11.2. The average Bonchev–Trinajstić information content (AvgIpc) is 2.48. The summed E-state index contributed by atoms with van der Waals surface area (Å²) in [5.74, 6) is 0.274. The fraction of sp³-hybridized carbons (Fsp3) is 0.250. The Hall–Kier alpha value is -2.81. The number of pyridine rings is 1. The lowest BCUT2D eigenvalue weighted by atomic mass is 10.4. The first-order valence-electron chi connectivity index (χ1n) is 6.02. The molecule has 21 heavy (non-hydrogen) atoms. The van der Waals surface area contributed by atoms with Gasteiger partial charge in [0.05, 0.1) is 17.7 Å². The molecule has 0 unspecified atom stereocenters. The smallest absolute Gasteiger partial charge is 0.373 e. The highest BCUT2D eigenvalue weighted by Crippen LogP contribution is 2.33. The summed E-state index contributed by atoms with van der Waals surface area (Å²) < 4.78 is 10.3. The van der Waals surface area contributed by atoms with Crippen molar-refractivity contribution in [2.75, 3.05) is 25.6 Å². The molecule has 0 aliphatic rings. The van der Waals surface area contributed by atoms with Crippen LogP contribution in [0.4, 0.5) is 11.5 Å². The fourth-order valence-electron chi connectivity index (χ4n) is 1.52. The highest BCUT2D eigenvalue weighted by atomic mass is 16.6. The van der Waals surface area contributed by atoms with Crippen LogP contribution in [0.3, 0.4) is 0 Å². The second kappa shape index (κ2) is 7.10. The largest absolute Gasteiger partial charge is 0.432 e. The summed E-state index contributed by atoms with van der Waals surface area (Å²) in [5, 5.41) is 14.0.